The van der Waals surface area contributed by atoms with Crippen LogP contribution in [0.3, 0.4) is 0 Å². The van der Waals surface area contributed by atoms with Crippen LogP contribution >= 0.6 is 34.5 Å². The van der Waals surface area contributed by atoms with Gasteiger partial charge in [-0.25, -0.2) is 19.0 Å². The molecule has 0 spiro atoms. The molecule has 214 valence electrons. The van der Waals surface area contributed by atoms with E-state index in [1.807, 2.05) is 13.8 Å². The van der Waals surface area contributed by atoms with Crippen molar-refractivity contribution in [2.24, 2.45) is 0 Å². The van der Waals surface area contributed by atoms with E-state index in [1.54, 1.807) is 18.2 Å². The van der Waals surface area contributed by atoms with Crippen LogP contribution in [0.5, 0.6) is 0 Å². The number of piperidine rings is 1. The summed E-state index contributed by atoms with van der Waals surface area (Å²) in [6.45, 7) is 4.05. The molecule has 0 unspecified atom stereocenters. The van der Waals surface area contributed by atoms with Gasteiger partial charge in [0.2, 0.25) is 0 Å². The van der Waals surface area contributed by atoms with Gasteiger partial charge < -0.3 is 19.3 Å². The first-order chi connectivity index (χ1) is 19.7. The lowest BCUT2D eigenvalue weighted by molar-refractivity contribution is 0.0170. The zero-order chi connectivity index (χ0) is 29.0. The molecule has 1 saturated heterocycles. The number of aromatic carboxylic acids is 1. The third-order valence-corrected chi connectivity index (χ3v) is 9.37. The number of aromatic nitrogens is 2. The van der Waals surface area contributed by atoms with Crippen LogP contribution in [-0.4, -0.2) is 45.4 Å². The molecule has 1 saturated carbocycles. The van der Waals surface area contributed by atoms with Crippen LogP contribution in [0.4, 0.5) is 9.52 Å². The van der Waals surface area contributed by atoms with Crippen molar-refractivity contribution >= 4 is 61.8 Å². The second kappa shape index (κ2) is 10.9. The average Bonchev–Trinajstić information content (AvgIpc) is 3.53. The van der Waals surface area contributed by atoms with Crippen molar-refractivity contribution in [1.29, 1.82) is 0 Å². The van der Waals surface area contributed by atoms with Gasteiger partial charge in [-0.2, -0.15) is 0 Å². The van der Waals surface area contributed by atoms with Gasteiger partial charge in [0.25, 0.3) is 0 Å². The fourth-order valence-electron chi connectivity index (χ4n) is 5.61. The Morgan fingerprint density at radius 1 is 1.22 bits per heavy atom. The second-order valence-corrected chi connectivity index (χ2v) is 12.4. The van der Waals surface area contributed by atoms with E-state index in [4.69, 9.17) is 32.5 Å². The molecule has 0 amide bonds. The molecule has 4 aromatic rings. The van der Waals surface area contributed by atoms with Crippen molar-refractivity contribution in [2.45, 2.75) is 70.1 Å². The maximum atomic E-state index is 14.7. The molecular weight excluding hydrogens is 592 g/mol. The van der Waals surface area contributed by atoms with Gasteiger partial charge in [-0.15, -0.1) is 0 Å². The number of ether oxygens (including phenoxy) is 1. The maximum absolute atomic E-state index is 14.7. The fraction of sp³-hybridized carbons (Fsp3) is 0.379. The van der Waals surface area contributed by atoms with Gasteiger partial charge in [0.15, 0.2) is 16.7 Å². The Balaban J connectivity index is 1.26. The number of anilines is 1. The highest BCUT2D eigenvalue weighted by Crippen LogP contribution is 2.46. The summed E-state index contributed by atoms with van der Waals surface area (Å²) >= 11 is 14.2. The van der Waals surface area contributed by atoms with Gasteiger partial charge in [-0.05, 0) is 50.5 Å². The van der Waals surface area contributed by atoms with Gasteiger partial charge in [-0.1, -0.05) is 52.7 Å². The molecular formula is C29H26Cl2FN3O5S. The number of hydrogen-bond acceptors (Lipinski definition) is 8. The number of fused-ring (bicyclic) bond motifs is 1. The van der Waals surface area contributed by atoms with E-state index >= 15 is 0 Å². The van der Waals surface area contributed by atoms with Gasteiger partial charge in [0, 0.05) is 36.4 Å². The van der Waals surface area contributed by atoms with Crippen molar-refractivity contribution in [3.05, 3.63) is 63.1 Å². The largest absolute Gasteiger partial charge is 0.478 e. The lowest BCUT2D eigenvalue weighted by Gasteiger charge is -2.43. The summed E-state index contributed by atoms with van der Waals surface area (Å²) in [6.07, 6.45) is 3.20. The van der Waals surface area contributed by atoms with E-state index < -0.39 is 17.8 Å². The van der Waals surface area contributed by atoms with E-state index in [0.29, 0.717) is 44.0 Å². The number of benzene rings is 2. The van der Waals surface area contributed by atoms with Crippen molar-refractivity contribution in [3.8, 4) is 11.3 Å². The minimum Gasteiger partial charge on any atom is -0.478 e. The summed E-state index contributed by atoms with van der Waals surface area (Å²) < 4.78 is 26.9. The molecule has 2 aromatic carbocycles. The topological polar surface area (TPSA) is 106 Å². The number of halogens is 3. The number of carboxylic acid groups (broad SMARTS) is 1. The van der Waals surface area contributed by atoms with Crippen LogP contribution in [-0.2, 0) is 4.74 Å². The van der Waals surface area contributed by atoms with Crippen LogP contribution in [0.2, 0.25) is 10.0 Å². The van der Waals surface area contributed by atoms with E-state index in [9.17, 15) is 19.1 Å². The summed E-state index contributed by atoms with van der Waals surface area (Å²) in [6, 6.07) is 7.40. The van der Waals surface area contributed by atoms with E-state index in [-0.39, 0.29) is 46.4 Å². The fourth-order valence-corrected chi connectivity index (χ4v) is 7.38. The molecule has 12 heteroatoms. The standard InChI is InChI=1S/C29H26Cl2FN3O5S/c1-3-16-12-17(9-13(2)35(16)29-33-24-20(32)10-15(27(36)37)11-21(24)41-29)39-28(38)23-25(34-40-26(23)14-7-8-14)22-18(30)5-4-6-19(22)31/h4-6,10-11,13-14,16-17H,3,7-9,12H2,1-2H3,(H,36,37)/t13-,16+,17+/m1/s1. The van der Waals surface area contributed by atoms with Gasteiger partial charge in [0.05, 0.1) is 20.3 Å². The molecule has 2 aliphatic rings. The normalized spacial score (nSPS) is 20.9. The molecule has 8 nitrogen and oxygen atoms in total. The molecule has 1 aliphatic heterocycles. The Hall–Kier alpha value is -3.21. The number of esters is 1. The molecule has 2 fully saturated rings. The summed E-state index contributed by atoms with van der Waals surface area (Å²) in [7, 11) is 0. The first-order valence-electron chi connectivity index (χ1n) is 13.4. The number of hydrogen-bond donors (Lipinski definition) is 1. The smallest absolute Gasteiger partial charge is 0.344 e. The molecule has 3 heterocycles. The molecule has 41 heavy (non-hydrogen) atoms. The van der Waals surface area contributed by atoms with Crippen LogP contribution < -0.4 is 4.90 Å². The highest BCUT2D eigenvalue weighted by Gasteiger charge is 2.40. The number of thiazole rings is 1. The lowest BCUT2D eigenvalue weighted by atomic mass is 9.92. The number of rotatable bonds is 7. The minimum absolute atomic E-state index is 0.0398. The SMILES string of the molecule is CC[C@H]1C[C@@H](OC(=O)c2c(-c3c(Cl)cccc3Cl)noc2C2CC2)C[C@@H](C)N1c1nc2c(F)cc(C(=O)O)cc2s1. The van der Waals surface area contributed by atoms with Crippen molar-refractivity contribution in [1.82, 2.24) is 10.1 Å². The highest BCUT2D eigenvalue weighted by molar-refractivity contribution is 7.22. The molecule has 0 radical (unpaired) electrons. The number of carboxylic acids is 1. The van der Waals surface area contributed by atoms with Crippen molar-refractivity contribution in [2.75, 3.05) is 4.90 Å². The maximum Gasteiger partial charge on any atom is 0.344 e. The molecule has 1 aliphatic carbocycles. The van der Waals surface area contributed by atoms with Crippen molar-refractivity contribution in [3.63, 3.8) is 0 Å². The molecule has 3 atom stereocenters. The summed E-state index contributed by atoms with van der Waals surface area (Å²) in [5.74, 6) is -1.79. The van der Waals surface area contributed by atoms with E-state index in [0.717, 1.165) is 25.3 Å². The zero-order valence-corrected chi connectivity index (χ0v) is 24.5. The Morgan fingerprint density at radius 3 is 2.61 bits per heavy atom. The highest BCUT2D eigenvalue weighted by atomic mass is 35.5. The van der Waals surface area contributed by atoms with Crippen LogP contribution in [0.1, 0.15) is 78.3 Å². The molecule has 2 aromatic heterocycles. The Kier molecular flexibility index (Phi) is 7.42. The number of carbonyl (C=O) groups excluding carboxylic acids is 1. The third kappa shape index (κ3) is 5.17. The van der Waals surface area contributed by atoms with E-state index in [2.05, 4.69) is 15.0 Å². The van der Waals surface area contributed by atoms with Gasteiger partial charge >= 0.3 is 11.9 Å². The molecule has 0 bridgehead atoms. The van der Waals surface area contributed by atoms with Gasteiger partial charge in [0.1, 0.15) is 22.9 Å². The number of nitrogens with zero attached hydrogens (tertiary/aromatic N) is 3. The monoisotopic (exact) mass is 617 g/mol. The first kappa shape index (κ1) is 27.9. The zero-order valence-electron chi connectivity index (χ0n) is 22.2. The number of carbonyl (C=O) groups is 2. The predicted octanol–water partition coefficient (Wildman–Crippen LogP) is 7.97. The molecule has 1 N–H and O–H groups in total. The van der Waals surface area contributed by atoms with Crippen molar-refractivity contribution < 1.29 is 28.3 Å². The lowest BCUT2D eigenvalue weighted by Crippen LogP contribution is -2.50. The summed E-state index contributed by atoms with van der Waals surface area (Å²) in [5, 5.41) is 14.8. The summed E-state index contributed by atoms with van der Waals surface area (Å²) in [4.78, 5) is 31.8. The Labute approximate surface area is 249 Å². The minimum atomic E-state index is -1.19. The van der Waals surface area contributed by atoms with Crippen LogP contribution in [0.15, 0.2) is 34.9 Å². The average molecular weight is 619 g/mol. The second-order valence-electron chi connectivity index (χ2n) is 10.6. The quantitative estimate of drug-likeness (QED) is 0.208. The third-order valence-electron chi connectivity index (χ3n) is 7.73. The predicted molar refractivity (Wildman–Crippen MR) is 155 cm³/mol. The Morgan fingerprint density at radius 2 is 1.95 bits per heavy atom. The summed E-state index contributed by atoms with van der Waals surface area (Å²) in [5.41, 5.74) is 1.01. The molecule has 6 rings (SSSR count). The van der Waals surface area contributed by atoms with Crippen LogP contribution in [0.25, 0.3) is 21.5 Å². The van der Waals surface area contributed by atoms with Crippen LogP contribution in [0, 0.1) is 5.82 Å². The Bertz CT molecular complexity index is 1650. The van der Waals surface area contributed by atoms with Gasteiger partial charge in [-0.3, -0.25) is 0 Å². The van der Waals surface area contributed by atoms with E-state index in [1.165, 1.54) is 17.4 Å². The first-order valence-corrected chi connectivity index (χ1v) is 15.0.